The molecular weight excluding hydrogens is 315 g/mol. The van der Waals surface area contributed by atoms with Crippen LogP contribution in [0.2, 0.25) is 0 Å². The van der Waals surface area contributed by atoms with E-state index in [2.05, 4.69) is 9.88 Å². The Hall–Kier alpha value is -1.38. The van der Waals surface area contributed by atoms with Gasteiger partial charge in [-0.05, 0) is 12.1 Å². The molecule has 0 radical (unpaired) electrons. The molecule has 3 heterocycles. The van der Waals surface area contributed by atoms with Crippen molar-refractivity contribution in [2.75, 3.05) is 19.8 Å². The molecular formula is C14H16F3N3OS. The van der Waals surface area contributed by atoms with E-state index in [1.165, 1.54) is 0 Å². The molecule has 0 N–H and O–H groups in total. The van der Waals surface area contributed by atoms with Gasteiger partial charge in [-0.25, -0.2) is 4.98 Å². The van der Waals surface area contributed by atoms with E-state index in [0.717, 1.165) is 22.4 Å². The number of hydrogen-bond donors (Lipinski definition) is 0. The fourth-order valence-corrected chi connectivity index (χ4v) is 3.43. The smallest absolute Gasteiger partial charge is 0.378 e. The van der Waals surface area contributed by atoms with Gasteiger partial charge in [-0.2, -0.15) is 13.2 Å². The van der Waals surface area contributed by atoms with E-state index >= 15 is 0 Å². The van der Waals surface area contributed by atoms with E-state index in [-0.39, 0.29) is 6.04 Å². The van der Waals surface area contributed by atoms with E-state index < -0.39 is 11.9 Å². The molecule has 0 aliphatic carbocycles. The molecule has 4 nitrogen and oxygen atoms in total. The van der Waals surface area contributed by atoms with E-state index in [9.17, 15) is 13.2 Å². The quantitative estimate of drug-likeness (QED) is 0.866. The Morgan fingerprint density at radius 1 is 1.45 bits per heavy atom. The molecule has 1 unspecified atom stereocenters. The van der Waals surface area contributed by atoms with E-state index in [4.69, 9.17) is 4.74 Å². The molecule has 0 spiro atoms. The van der Waals surface area contributed by atoms with Crippen molar-refractivity contribution in [1.82, 2.24) is 14.5 Å². The summed E-state index contributed by atoms with van der Waals surface area (Å²) in [4.78, 5) is 5.84. The largest absolute Gasteiger partial charge is 0.434 e. The molecule has 1 atom stereocenters. The highest BCUT2D eigenvalue weighted by Crippen LogP contribution is 2.32. The van der Waals surface area contributed by atoms with Crippen LogP contribution in [0.4, 0.5) is 13.2 Å². The summed E-state index contributed by atoms with van der Waals surface area (Å²) >= 11 is 1.05. The lowest BCUT2D eigenvalue weighted by Crippen LogP contribution is -2.39. The van der Waals surface area contributed by atoms with Gasteiger partial charge >= 0.3 is 6.18 Å². The van der Waals surface area contributed by atoms with Crippen LogP contribution in [0, 0.1) is 0 Å². The molecule has 0 saturated carbocycles. The lowest BCUT2D eigenvalue weighted by atomic mass is 10.1. The topological polar surface area (TPSA) is 30.3 Å². The number of thiazole rings is 1. The van der Waals surface area contributed by atoms with E-state index in [1.807, 2.05) is 29.9 Å². The minimum Gasteiger partial charge on any atom is -0.378 e. The van der Waals surface area contributed by atoms with Crippen LogP contribution in [-0.4, -0.2) is 34.2 Å². The van der Waals surface area contributed by atoms with Gasteiger partial charge in [0.1, 0.15) is 5.01 Å². The van der Waals surface area contributed by atoms with Crippen molar-refractivity contribution >= 4 is 11.3 Å². The van der Waals surface area contributed by atoms with Crippen LogP contribution in [0.15, 0.2) is 23.7 Å². The van der Waals surface area contributed by atoms with Gasteiger partial charge in [-0.15, -0.1) is 11.3 Å². The Balaban J connectivity index is 1.77. The number of alkyl halides is 3. The zero-order valence-electron chi connectivity index (χ0n) is 12.0. The first-order valence-electron chi connectivity index (χ1n) is 6.90. The Kier molecular flexibility index (Phi) is 4.24. The molecule has 1 saturated heterocycles. The van der Waals surface area contributed by atoms with Gasteiger partial charge in [-0.3, -0.25) is 4.90 Å². The third-order valence-electron chi connectivity index (χ3n) is 3.75. The second-order valence-electron chi connectivity index (χ2n) is 5.23. The molecule has 120 valence electrons. The predicted octanol–water partition coefficient (Wildman–Crippen LogP) is 3.07. The number of morpholine rings is 1. The normalized spacial score (nSPS) is 20.5. The number of rotatable bonds is 3. The summed E-state index contributed by atoms with van der Waals surface area (Å²) in [6.07, 6.45) is -2.43. The summed E-state index contributed by atoms with van der Waals surface area (Å²) in [5, 5.41) is 1.56. The van der Waals surface area contributed by atoms with Gasteiger partial charge < -0.3 is 9.30 Å². The van der Waals surface area contributed by atoms with Crippen LogP contribution < -0.4 is 0 Å². The summed E-state index contributed by atoms with van der Waals surface area (Å²) < 4.78 is 45.5. The number of aromatic nitrogens is 2. The highest BCUT2D eigenvalue weighted by molar-refractivity contribution is 7.09. The van der Waals surface area contributed by atoms with Crippen LogP contribution in [0.5, 0.6) is 0 Å². The van der Waals surface area contributed by atoms with Crippen molar-refractivity contribution in [1.29, 1.82) is 0 Å². The second kappa shape index (κ2) is 6.02. The van der Waals surface area contributed by atoms with Crippen LogP contribution in [0.1, 0.15) is 22.4 Å². The summed E-state index contributed by atoms with van der Waals surface area (Å²) in [5.74, 6) is 0. The monoisotopic (exact) mass is 331 g/mol. The number of nitrogens with zero attached hydrogens (tertiary/aromatic N) is 3. The number of aryl methyl sites for hydroxylation is 1. The van der Waals surface area contributed by atoms with Crippen LogP contribution >= 0.6 is 11.3 Å². The fourth-order valence-electron chi connectivity index (χ4n) is 2.61. The Bertz CT molecular complexity index is 637. The summed E-state index contributed by atoms with van der Waals surface area (Å²) in [6.45, 7) is 2.20. The Morgan fingerprint density at radius 3 is 2.91 bits per heavy atom. The average Bonchev–Trinajstić information content (AvgIpc) is 3.08. The SMILES string of the molecule is Cn1cccc1C1COCCN1Cc1nc(C(F)(F)F)cs1. The van der Waals surface area contributed by atoms with Gasteiger partial charge in [0.2, 0.25) is 0 Å². The maximum Gasteiger partial charge on any atom is 0.434 e. The molecule has 2 aromatic heterocycles. The van der Waals surface area contributed by atoms with Crippen molar-refractivity contribution in [3.63, 3.8) is 0 Å². The van der Waals surface area contributed by atoms with Gasteiger partial charge in [0.25, 0.3) is 0 Å². The predicted molar refractivity (Wildman–Crippen MR) is 76.5 cm³/mol. The lowest BCUT2D eigenvalue weighted by molar-refractivity contribution is -0.140. The summed E-state index contributed by atoms with van der Waals surface area (Å²) in [5.41, 5.74) is 0.281. The Labute approximate surface area is 130 Å². The van der Waals surface area contributed by atoms with Gasteiger partial charge in [-0.1, -0.05) is 0 Å². The highest BCUT2D eigenvalue weighted by Gasteiger charge is 2.34. The molecule has 0 aromatic carbocycles. The number of hydrogen-bond acceptors (Lipinski definition) is 4. The Morgan fingerprint density at radius 2 is 2.27 bits per heavy atom. The van der Waals surface area contributed by atoms with E-state index in [0.29, 0.717) is 31.3 Å². The van der Waals surface area contributed by atoms with Gasteiger partial charge in [0.05, 0.1) is 25.8 Å². The molecule has 3 rings (SSSR count). The van der Waals surface area contributed by atoms with Crippen molar-refractivity contribution in [2.45, 2.75) is 18.8 Å². The van der Waals surface area contributed by atoms with Crippen LogP contribution in [-0.2, 0) is 24.5 Å². The molecule has 1 aliphatic heterocycles. The first-order valence-corrected chi connectivity index (χ1v) is 7.78. The average molecular weight is 331 g/mol. The van der Waals surface area contributed by atoms with Crippen molar-refractivity contribution in [3.8, 4) is 0 Å². The molecule has 2 aromatic rings. The summed E-state index contributed by atoms with van der Waals surface area (Å²) in [6, 6.07) is 4.00. The van der Waals surface area contributed by atoms with Gasteiger partial charge in [0.15, 0.2) is 5.69 Å². The summed E-state index contributed by atoms with van der Waals surface area (Å²) in [7, 11) is 1.95. The standard InChI is InChI=1S/C14H16F3N3OS/c1-19-4-2-3-10(19)11-8-21-6-5-20(11)7-13-18-12(9-22-13)14(15,16)17/h2-4,9,11H,5-8H2,1H3. The van der Waals surface area contributed by atoms with Crippen molar-refractivity contribution in [2.24, 2.45) is 7.05 Å². The maximum atomic E-state index is 12.6. The third-order valence-corrected chi connectivity index (χ3v) is 4.58. The van der Waals surface area contributed by atoms with E-state index in [1.54, 1.807) is 0 Å². The molecule has 0 amide bonds. The van der Waals surface area contributed by atoms with Crippen molar-refractivity contribution in [3.05, 3.63) is 40.1 Å². The fraction of sp³-hybridized carbons (Fsp3) is 0.500. The zero-order chi connectivity index (χ0) is 15.7. The maximum absolute atomic E-state index is 12.6. The third kappa shape index (κ3) is 3.18. The van der Waals surface area contributed by atoms with Crippen LogP contribution in [0.25, 0.3) is 0 Å². The minimum atomic E-state index is -4.38. The first-order chi connectivity index (χ1) is 10.4. The highest BCUT2D eigenvalue weighted by atomic mass is 32.1. The van der Waals surface area contributed by atoms with Crippen molar-refractivity contribution < 1.29 is 17.9 Å². The molecule has 1 aliphatic rings. The number of halogens is 3. The minimum absolute atomic E-state index is 0.0342. The van der Waals surface area contributed by atoms with Gasteiger partial charge in [0, 0.05) is 30.9 Å². The second-order valence-corrected chi connectivity index (χ2v) is 6.17. The molecule has 8 heteroatoms. The lowest BCUT2D eigenvalue weighted by Gasteiger charge is -2.35. The zero-order valence-corrected chi connectivity index (χ0v) is 12.8. The molecule has 1 fully saturated rings. The van der Waals surface area contributed by atoms with Crippen LogP contribution in [0.3, 0.4) is 0 Å². The molecule has 0 bridgehead atoms. The number of ether oxygens (including phenoxy) is 1. The first kappa shape index (κ1) is 15.5. The molecule has 22 heavy (non-hydrogen) atoms.